The van der Waals surface area contributed by atoms with E-state index in [0.717, 1.165) is 12.8 Å². The van der Waals surface area contributed by atoms with Crippen LogP contribution >= 0.6 is 0 Å². The first kappa shape index (κ1) is 8.63. The fraction of sp³-hybridized carbons (Fsp3) is 0.857. The molecule has 2 nitrogen and oxygen atoms in total. The maximum atomic E-state index is 7.37. The van der Waals surface area contributed by atoms with Crippen LogP contribution in [0.15, 0.2) is 0 Å². The molecule has 1 N–H and O–H groups in total. The van der Waals surface area contributed by atoms with Crippen molar-refractivity contribution >= 4 is 5.71 Å². The Bertz CT molecular complexity index is 86.9. The van der Waals surface area contributed by atoms with Gasteiger partial charge in [0, 0.05) is 12.8 Å². The highest BCUT2D eigenvalue weighted by Gasteiger charge is 2.07. The third kappa shape index (κ3) is 2.61. The van der Waals surface area contributed by atoms with Gasteiger partial charge in [-0.2, -0.15) is 0 Å². The van der Waals surface area contributed by atoms with Crippen molar-refractivity contribution in [1.82, 2.24) is 0 Å². The number of methoxy groups -OCH3 is 1. The highest BCUT2D eigenvalue weighted by Crippen LogP contribution is 2.00. The van der Waals surface area contributed by atoms with Crippen LogP contribution in [0, 0.1) is 5.41 Å². The second kappa shape index (κ2) is 4.50. The van der Waals surface area contributed by atoms with Gasteiger partial charge in [0.25, 0.3) is 0 Å². The topological polar surface area (TPSA) is 33.1 Å². The molecule has 0 saturated heterocycles. The summed E-state index contributed by atoms with van der Waals surface area (Å²) in [5, 5.41) is 7.37. The Morgan fingerprint density at radius 1 is 1.56 bits per heavy atom. The maximum Gasteiger partial charge on any atom is 0.0942 e. The first-order valence-electron chi connectivity index (χ1n) is 3.36. The predicted molar refractivity (Wildman–Crippen MR) is 39.1 cm³/mol. The molecule has 54 valence electrons. The minimum atomic E-state index is 0.0509. The van der Waals surface area contributed by atoms with Crippen LogP contribution in [-0.4, -0.2) is 18.9 Å². The summed E-state index contributed by atoms with van der Waals surface area (Å²) in [6.45, 7) is 4.00. The van der Waals surface area contributed by atoms with Crippen LogP contribution in [0.5, 0.6) is 0 Å². The number of hydrogen-bond acceptors (Lipinski definition) is 2. The normalized spacial score (nSPS) is 13.2. The van der Waals surface area contributed by atoms with Gasteiger partial charge in [0.15, 0.2) is 0 Å². The second-order valence-electron chi connectivity index (χ2n) is 2.01. The Kier molecular flexibility index (Phi) is 4.32. The Labute approximate surface area is 56.7 Å². The molecule has 0 unspecified atom stereocenters. The summed E-state index contributed by atoms with van der Waals surface area (Å²) in [4.78, 5) is 0. The molecule has 0 saturated carbocycles. The summed E-state index contributed by atoms with van der Waals surface area (Å²) in [7, 11) is 1.65. The third-order valence-electron chi connectivity index (χ3n) is 1.42. The summed E-state index contributed by atoms with van der Waals surface area (Å²) in [5.74, 6) is 0. The lowest BCUT2D eigenvalue weighted by molar-refractivity contribution is 0.150. The second-order valence-corrected chi connectivity index (χ2v) is 2.01. The molecule has 0 aromatic heterocycles. The molecule has 0 aliphatic carbocycles. The van der Waals surface area contributed by atoms with E-state index in [1.807, 2.05) is 13.8 Å². The third-order valence-corrected chi connectivity index (χ3v) is 1.42. The lowest BCUT2D eigenvalue weighted by atomic mass is 10.1. The van der Waals surface area contributed by atoms with E-state index in [4.69, 9.17) is 10.1 Å². The van der Waals surface area contributed by atoms with E-state index in [1.54, 1.807) is 7.11 Å². The van der Waals surface area contributed by atoms with Gasteiger partial charge in [-0.1, -0.05) is 13.8 Å². The van der Waals surface area contributed by atoms with E-state index < -0.39 is 0 Å². The molecule has 0 aromatic rings. The zero-order valence-electron chi connectivity index (χ0n) is 6.40. The first-order chi connectivity index (χ1) is 4.26. The van der Waals surface area contributed by atoms with Gasteiger partial charge in [-0.3, -0.25) is 0 Å². The quantitative estimate of drug-likeness (QED) is 0.577. The van der Waals surface area contributed by atoms with E-state index >= 15 is 0 Å². The van der Waals surface area contributed by atoms with Crippen molar-refractivity contribution in [2.75, 3.05) is 7.11 Å². The van der Waals surface area contributed by atoms with Crippen molar-refractivity contribution in [1.29, 1.82) is 5.41 Å². The van der Waals surface area contributed by atoms with E-state index in [2.05, 4.69) is 0 Å². The summed E-state index contributed by atoms with van der Waals surface area (Å²) in [6, 6.07) is 0. The zero-order chi connectivity index (χ0) is 7.28. The van der Waals surface area contributed by atoms with Gasteiger partial charge in [-0.25, -0.2) is 0 Å². The minimum Gasteiger partial charge on any atom is -0.376 e. The van der Waals surface area contributed by atoms with Crippen molar-refractivity contribution in [2.45, 2.75) is 32.8 Å². The number of ether oxygens (including phenoxy) is 1. The van der Waals surface area contributed by atoms with Crippen LogP contribution < -0.4 is 0 Å². The average molecular weight is 129 g/mol. The summed E-state index contributed by atoms with van der Waals surface area (Å²) in [6.07, 6.45) is 1.75. The molecular weight excluding hydrogens is 114 g/mol. The summed E-state index contributed by atoms with van der Waals surface area (Å²) < 4.78 is 5.03. The van der Waals surface area contributed by atoms with Crippen molar-refractivity contribution in [3.05, 3.63) is 0 Å². The summed E-state index contributed by atoms with van der Waals surface area (Å²) in [5.41, 5.74) is 0.694. The van der Waals surface area contributed by atoms with Crippen molar-refractivity contribution in [3.63, 3.8) is 0 Å². The van der Waals surface area contributed by atoms with E-state index in [0.29, 0.717) is 5.71 Å². The Hall–Kier alpha value is -0.370. The Morgan fingerprint density at radius 3 is 2.22 bits per heavy atom. The fourth-order valence-corrected chi connectivity index (χ4v) is 0.783. The molecule has 0 bridgehead atoms. The standard InChI is InChI=1S/C7H15NO/c1-4-6(8)7(5-2)9-3/h7-8H,4-5H2,1-3H3/t7-/m0/s1. The van der Waals surface area contributed by atoms with Gasteiger partial charge in [0.05, 0.1) is 6.10 Å². The van der Waals surface area contributed by atoms with Crippen molar-refractivity contribution in [2.24, 2.45) is 0 Å². The van der Waals surface area contributed by atoms with Crippen molar-refractivity contribution < 1.29 is 4.74 Å². The number of nitrogens with one attached hydrogen (secondary N) is 1. The van der Waals surface area contributed by atoms with Crippen LogP contribution in [0.2, 0.25) is 0 Å². The van der Waals surface area contributed by atoms with E-state index in [9.17, 15) is 0 Å². The molecule has 0 radical (unpaired) electrons. The van der Waals surface area contributed by atoms with Gasteiger partial charge in [-0.15, -0.1) is 0 Å². The van der Waals surface area contributed by atoms with Crippen LogP contribution in [0.1, 0.15) is 26.7 Å². The number of hydrogen-bond donors (Lipinski definition) is 1. The van der Waals surface area contributed by atoms with Crippen LogP contribution in [-0.2, 0) is 4.74 Å². The largest absolute Gasteiger partial charge is 0.376 e. The molecule has 0 rings (SSSR count). The SMILES string of the molecule is CCC(=N)[C@H](CC)OC. The van der Waals surface area contributed by atoms with Crippen LogP contribution in [0.25, 0.3) is 0 Å². The molecule has 0 aromatic carbocycles. The molecule has 2 heteroatoms. The first-order valence-corrected chi connectivity index (χ1v) is 3.36. The molecular formula is C7H15NO. The molecule has 0 aliphatic rings. The van der Waals surface area contributed by atoms with Crippen LogP contribution in [0.3, 0.4) is 0 Å². The fourth-order valence-electron chi connectivity index (χ4n) is 0.783. The van der Waals surface area contributed by atoms with E-state index in [-0.39, 0.29) is 6.10 Å². The molecule has 0 aliphatic heterocycles. The molecule has 0 spiro atoms. The molecule has 0 amide bonds. The maximum absolute atomic E-state index is 7.37. The molecule has 0 fully saturated rings. The molecule has 1 atom stereocenters. The Balaban J connectivity index is 3.64. The van der Waals surface area contributed by atoms with Gasteiger partial charge in [-0.05, 0) is 12.8 Å². The Morgan fingerprint density at radius 2 is 2.11 bits per heavy atom. The van der Waals surface area contributed by atoms with Gasteiger partial charge in [0.2, 0.25) is 0 Å². The lowest BCUT2D eigenvalue weighted by Gasteiger charge is -2.11. The predicted octanol–water partition coefficient (Wildman–Crippen LogP) is 1.84. The van der Waals surface area contributed by atoms with Gasteiger partial charge in [0.1, 0.15) is 0 Å². The average Bonchev–Trinajstić information content (AvgIpc) is 1.90. The monoisotopic (exact) mass is 129 g/mol. The van der Waals surface area contributed by atoms with Gasteiger partial charge >= 0.3 is 0 Å². The van der Waals surface area contributed by atoms with E-state index in [1.165, 1.54) is 0 Å². The summed E-state index contributed by atoms with van der Waals surface area (Å²) >= 11 is 0. The molecule has 9 heavy (non-hydrogen) atoms. The smallest absolute Gasteiger partial charge is 0.0942 e. The van der Waals surface area contributed by atoms with Crippen LogP contribution in [0.4, 0.5) is 0 Å². The highest BCUT2D eigenvalue weighted by molar-refractivity contribution is 5.85. The molecule has 0 heterocycles. The number of rotatable bonds is 4. The van der Waals surface area contributed by atoms with Gasteiger partial charge < -0.3 is 10.1 Å². The van der Waals surface area contributed by atoms with Crippen molar-refractivity contribution in [3.8, 4) is 0 Å². The zero-order valence-corrected chi connectivity index (χ0v) is 6.40. The minimum absolute atomic E-state index is 0.0509. The lowest BCUT2D eigenvalue weighted by Crippen LogP contribution is -2.19. The highest BCUT2D eigenvalue weighted by atomic mass is 16.5.